The molecule has 2 aromatic rings. The molecule has 5 nitrogen and oxygen atoms in total. The van der Waals surface area contributed by atoms with Crippen LogP contribution in [0.2, 0.25) is 5.02 Å². The number of anilines is 1. The predicted octanol–water partition coefficient (Wildman–Crippen LogP) is 4.75. The van der Waals surface area contributed by atoms with Crippen molar-refractivity contribution in [2.45, 2.75) is 38.7 Å². The Kier molecular flexibility index (Phi) is 6.34. The van der Waals surface area contributed by atoms with Gasteiger partial charge in [-0.2, -0.15) is 0 Å². The highest BCUT2D eigenvalue weighted by atomic mass is 35.5. The van der Waals surface area contributed by atoms with Gasteiger partial charge in [0, 0.05) is 34.3 Å². The van der Waals surface area contributed by atoms with E-state index in [1.807, 2.05) is 24.3 Å². The molecule has 0 radical (unpaired) electrons. The molecule has 0 saturated heterocycles. The number of nitrogens with one attached hydrogen (secondary N) is 1. The van der Waals surface area contributed by atoms with Gasteiger partial charge in [0.2, 0.25) is 0 Å². The van der Waals surface area contributed by atoms with E-state index in [0.29, 0.717) is 22.0 Å². The van der Waals surface area contributed by atoms with E-state index >= 15 is 0 Å². The first-order valence-electron chi connectivity index (χ1n) is 9.77. The molecule has 30 heavy (non-hydrogen) atoms. The molecular formula is C24H26ClNO4. The van der Waals surface area contributed by atoms with Crippen LogP contribution >= 0.6 is 11.6 Å². The Bertz CT molecular complexity index is 977. The molecule has 0 fully saturated rings. The second-order valence-corrected chi connectivity index (χ2v) is 8.39. The van der Waals surface area contributed by atoms with Gasteiger partial charge in [0.05, 0.1) is 18.6 Å². The largest absolute Gasteiger partial charge is 0.497 e. The van der Waals surface area contributed by atoms with Gasteiger partial charge in [0.1, 0.15) is 11.5 Å². The summed E-state index contributed by atoms with van der Waals surface area (Å²) in [4.78, 5) is 25.4. The average molecular weight is 428 g/mol. The van der Waals surface area contributed by atoms with Crippen LogP contribution in [0, 0.1) is 5.92 Å². The van der Waals surface area contributed by atoms with E-state index in [1.165, 1.54) is 13.8 Å². The van der Waals surface area contributed by atoms with Crippen molar-refractivity contribution < 1.29 is 19.4 Å². The van der Waals surface area contributed by atoms with Gasteiger partial charge >= 0.3 is 0 Å². The Morgan fingerprint density at radius 2 is 1.70 bits per heavy atom. The zero-order chi connectivity index (χ0) is 22.1. The molecule has 158 valence electrons. The lowest BCUT2D eigenvalue weighted by Gasteiger charge is -2.43. The first-order valence-corrected chi connectivity index (χ1v) is 10.1. The number of aliphatic hydroxyl groups is 1. The Labute approximate surface area is 181 Å². The molecule has 2 N–H and O–H groups in total. The van der Waals surface area contributed by atoms with Gasteiger partial charge in [-0.25, -0.2) is 0 Å². The third-order valence-electron chi connectivity index (χ3n) is 5.61. The molecule has 6 heteroatoms. The zero-order valence-electron chi connectivity index (χ0n) is 17.5. The third-order valence-corrected chi connectivity index (χ3v) is 5.86. The molecule has 0 spiro atoms. The van der Waals surface area contributed by atoms with Crippen LogP contribution in [-0.2, 0) is 9.59 Å². The molecule has 2 aromatic carbocycles. The van der Waals surface area contributed by atoms with E-state index in [-0.39, 0.29) is 18.0 Å². The molecule has 0 saturated carbocycles. The number of halogens is 1. The molecule has 0 amide bonds. The number of allylic oxidation sites excluding steroid dienone is 1. The van der Waals surface area contributed by atoms with Crippen molar-refractivity contribution in [3.63, 3.8) is 0 Å². The van der Waals surface area contributed by atoms with Crippen molar-refractivity contribution in [2.75, 3.05) is 12.4 Å². The van der Waals surface area contributed by atoms with Gasteiger partial charge in [-0.3, -0.25) is 9.59 Å². The van der Waals surface area contributed by atoms with Crippen LogP contribution in [0.3, 0.4) is 0 Å². The third kappa shape index (κ3) is 4.42. The standard InChI is InChI=1S/C24H26ClNO4/c1-14(27)21-20(26-18-9-11-19(30-4)12-10-18)13-24(3,29)23(15(2)28)22(21)16-5-7-17(25)8-6-16/h5-12,22-23,26,29H,13H2,1-4H3/t22-,23+,24+/m0/s1. The number of hydrogen-bond acceptors (Lipinski definition) is 5. The Balaban J connectivity index is 2.16. The average Bonchev–Trinajstić information content (AvgIpc) is 2.67. The molecule has 3 atom stereocenters. The van der Waals surface area contributed by atoms with Crippen molar-refractivity contribution >= 4 is 28.9 Å². The summed E-state index contributed by atoms with van der Waals surface area (Å²) in [7, 11) is 1.59. The van der Waals surface area contributed by atoms with Crippen LogP contribution in [0.15, 0.2) is 59.8 Å². The second kappa shape index (κ2) is 8.62. The molecule has 3 rings (SSSR count). The van der Waals surface area contributed by atoms with Gasteiger partial charge in [-0.05, 0) is 62.7 Å². The van der Waals surface area contributed by atoms with Crippen LogP contribution < -0.4 is 10.1 Å². The van der Waals surface area contributed by atoms with Crippen LogP contribution in [0.4, 0.5) is 5.69 Å². The lowest BCUT2D eigenvalue weighted by Crippen LogP contribution is -2.48. The monoisotopic (exact) mass is 427 g/mol. The Hall–Kier alpha value is -2.63. The summed E-state index contributed by atoms with van der Waals surface area (Å²) in [6.07, 6.45) is 0.155. The van der Waals surface area contributed by atoms with E-state index in [4.69, 9.17) is 16.3 Å². The molecule has 0 bridgehead atoms. The number of hydrogen-bond donors (Lipinski definition) is 2. The smallest absolute Gasteiger partial charge is 0.158 e. The summed E-state index contributed by atoms with van der Waals surface area (Å²) in [6, 6.07) is 14.4. The highest BCUT2D eigenvalue weighted by Crippen LogP contribution is 2.47. The van der Waals surface area contributed by atoms with Crippen molar-refractivity contribution in [2.24, 2.45) is 5.92 Å². The fraction of sp³-hybridized carbons (Fsp3) is 0.333. The number of rotatable bonds is 6. The quantitative estimate of drug-likeness (QED) is 0.695. The van der Waals surface area contributed by atoms with Crippen LogP contribution in [0.25, 0.3) is 0 Å². The summed E-state index contributed by atoms with van der Waals surface area (Å²) in [6.45, 7) is 4.60. The minimum absolute atomic E-state index is 0.146. The lowest BCUT2D eigenvalue weighted by atomic mass is 9.64. The molecule has 0 aliphatic heterocycles. The van der Waals surface area contributed by atoms with E-state index in [9.17, 15) is 14.7 Å². The van der Waals surface area contributed by atoms with Crippen molar-refractivity contribution in [1.82, 2.24) is 0 Å². The van der Waals surface area contributed by atoms with E-state index in [0.717, 1.165) is 11.3 Å². The minimum atomic E-state index is -1.33. The highest BCUT2D eigenvalue weighted by molar-refractivity contribution is 6.30. The summed E-state index contributed by atoms with van der Waals surface area (Å²) < 4.78 is 5.19. The van der Waals surface area contributed by atoms with Gasteiger partial charge in [0.25, 0.3) is 0 Å². The fourth-order valence-corrected chi connectivity index (χ4v) is 4.50. The van der Waals surface area contributed by atoms with Crippen molar-refractivity contribution in [1.29, 1.82) is 0 Å². The maximum atomic E-state index is 12.8. The predicted molar refractivity (Wildman–Crippen MR) is 118 cm³/mol. The molecule has 0 heterocycles. The van der Waals surface area contributed by atoms with Crippen molar-refractivity contribution in [3.8, 4) is 5.75 Å². The number of carbonyl (C=O) groups is 2. The molecule has 1 aliphatic carbocycles. The highest BCUT2D eigenvalue weighted by Gasteiger charge is 2.49. The second-order valence-electron chi connectivity index (χ2n) is 7.95. The maximum absolute atomic E-state index is 12.8. The Morgan fingerprint density at radius 1 is 1.10 bits per heavy atom. The van der Waals surface area contributed by atoms with E-state index < -0.39 is 17.4 Å². The number of carbonyl (C=O) groups excluding carboxylic acids is 2. The lowest BCUT2D eigenvalue weighted by molar-refractivity contribution is -0.131. The normalized spacial score (nSPS) is 23.8. The summed E-state index contributed by atoms with van der Waals surface area (Å²) >= 11 is 6.05. The molecule has 1 aliphatic rings. The van der Waals surface area contributed by atoms with Crippen molar-refractivity contribution in [3.05, 3.63) is 70.4 Å². The van der Waals surface area contributed by atoms with Gasteiger partial charge in [0.15, 0.2) is 5.78 Å². The topological polar surface area (TPSA) is 75.6 Å². The molecule has 0 aromatic heterocycles. The van der Waals surface area contributed by atoms with E-state index in [2.05, 4.69) is 5.32 Å². The van der Waals surface area contributed by atoms with Crippen LogP contribution in [-0.4, -0.2) is 29.4 Å². The van der Waals surface area contributed by atoms with Gasteiger partial charge in [-0.1, -0.05) is 23.7 Å². The number of ether oxygens (including phenoxy) is 1. The zero-order valence-corrected chi connectivity index (χ0v) is 18.3. The van der Waals surface area contributed by atoms with Gasteiger partial charge < -0.3 is 15.2 Å². The Morgan fingerprint density at radius 3 is 2.20 bits per heavy atom. The first-order chi connectivity index (χ1) is 14.1. The van der Waals surface area contributed by atoms with Crippen LogP contribution in [0.5, 0.6) is 5.75 Å². The van der Waals surface area contributed by atoms with E-state index in [1.54, 1.807) is 38.3 Å². The number of ketones is 2. The molecule has 0 unspecified atom stereocenters. The SMILES string of the molecule is COc1ccc(NC2=C(C(C)=O)[C@H](c3ccc(Cl)cc3)[C@@H](C(C)=O)[C@](C)(O)C2)cc1. The summed E-state index contributed by atoms with van der Waals surface area (Å²) in [5.74, 6) is -0.927. The number of benzene rings is 2. The minimum Gasteiger partial charge on any atom is -0.497 e. The molecular weight excluding hydrogens is 402 g/mol. The maximum Gasteiger partial charge on any atom is 0.158 e. The summed E-state index contributed by atoms with van der Waals surface area (Å²) in [5, 5.41) is 15.1. The fourth-order valence-electron chi connectivity index (χ4n) is 4.37. The van der Waals surface area contributed by atoms with Gasteiger partial charge in [-0.15, -0.1) is 0 Å². The number of methoxy groups -OCH3 is 1. The van der Waals surface area contributed by atoms with Crippen LogP contribution in [0.1, 0.15) is 38.7 Å². The number of Topliss-reactive ketones (excluding diaryl/α,β-unsaturated/α-hetero) is 2. The summed E-state index contributed by atoms with van der Waals surface area (Å²) in [5.41, 5.74) is 1.30. The first kappa shape index (κ1) is 22.1.